The van der Waals surface area contributed by atoms with Crippen LogP contribution in [0.1, 0.15) is 27.2 Å². The molecular weight excluding hydrogens is 278 g/mol. The minimum atomic E-state index is -1.41. The first-order chi connectivity index (χ1) is 9.61. The van der Waals surface area contributed by atoms with Gasteiger partial charge in [-0.05, 0) is 20.8 Å². The molecule has 1 aliphatic rings. The van der Waals surface area contributed by atoms with Crippen molar-refractivity contribution in [2.75, 3.05) is 26.2 Å². The molecule has 8 nitrogen and oxygen atoms in total. The van der Waals surface area contributed by atoms with Crippen LogP contribution in [0.2, 0.25) is 0 Å². The maximum Gasteiger partial charge on any atom is 0.326 e. The summed E-state index contributed by atoms with van der Waals surface area (Å²) in [6.07, 6.45) is -0.636. The number of aliphatic carboxylic acids is 2. The Kier molecular flexibility index (Phi) is 5.54. The fourth-order valence-electron chi connectivity index (χ4n) is 2.20. The predicted octanol–water partition coefficient (Wildman–Crippen LogP) is 0.0400. The van der Waals surface area contributed by atoms with E-state index in [0.717, 1.165) is 0 Å². The first kappa shape index (κ1) is 17.2. The lowest BCUT2D eigenvalue weighted by Crippen LogP contribution is -2.58. The molecule has 0 aromatic carbocycles. The molecular formula is C13H23N3O5. The van der Waals surface area contributed by atoms with Crippen LogP contribution in [0.25, 0.3) is 0 Å². The van der Waals surface area contributed by atoms with Crippen LogP contribution in [-0.4, -0.2) is 75.7 Å². The van der Waals surface area contributed by atoms with Crippen molar-refractivity contribution in [3.63, 3.8) is 0 Å². The summed E-state index contributed by atoms with van der Waals surface area (Å²) in [5, 5.41) is 19.8. The van der Waals surface area contributed by atoms with Crippen molar-refractivity contribution >= 4 is 18.0 Å². The number of carbonyl (C=O) groups is 3. The number of urea groups is 1. The lowest BCUT2D eigenvalue weighted by molar-refractivity contribution is -0.145. The first-order valence-corrected chi connectivity index (χ1v) is 6.86. The van der Waals surface area contributed by atoms with E-state index in [1.807, 2.05) is 0 Å². The molecule has 3 N–H and O–H groups in total. The maximum atomic E-state index is 12.0. The molecule has 0 bridgehead atoms. The van der Waals surface area contributed by atoms with Gasteiger partial charge in [-0.2, -0.15) is 0 Å². The highest BCUT2D eigenvalue weighted by molar-refractivity contribution is 5.86. The molecule has 8 heteroatoms. The van der Waals surface area contributed by atoms with Gasteiger partial charge in [-0.1, -0.05) is 0 Å². The summed E-state index contributed by atoms with van der Waals surface area (Å²) >= 11 is 0. The number of piperazine rings is 1. The zero-order chi connectivity index (χ0) is 16.2. The minimum absolute atomic E-state index is 0.0233. The first-order valence-electron chi connectivity index (χ1n) is 6.86. The van der Waals surface area contributed by atoms with Gasteiger partial charge >= 0.3 is 18.0 Å². The van der Waals surface area contributed by atoms with Crippen LogP contribution in [-0.2, 0) is 9.59 Å². The number of carbonyl (C=O) groups excluding carboxylic acids is 1. The van der Waals surface area contributed by atoms with Gasteiger partial charge < -0.3 is 20.4 Å². The average Bonchev–Trinajstić information content (AvgIpc) is 2.36. The van der Waals surface area contributed by atoms with E-state index in [2.05, 4.69) is 31.0 Å². The Hall–Kier alpha value is -1.83. The van der Waals surface area contributed by atoms with Gasteiger partial charge in [0, 0.05) is 31.7 Å². The fourth-order valence-corrected chi connectivity index (χ4v) is 2.20. The molecule has 0 aliphatic carbocycles. The van der Waals surface area contributed by atoms with E-state index in [9.17, 15) is 14.4 Å². The summed E-state index contributed by atoms with van der Waals surface area (Å²) in [7, 11) is 0. The van der Waals surface area contributed by atoms with Crippen molar-refractivity contribution in [2.24, 2.45) is 0 Å². The van der Waals surface area contributed by atoms with Crippen molar-refractivity contribution in [1.82, 2.24) is 15.1 Å². The Labute approximate surface area is 123 Å². The van der Waals surface area contributed by atoms with Crippen LogP contribution < -0.4 is 5.32 Å². The Morgan fingerprint density at radius 1 is 1.10 bits per heavy atom. The highest BCUT2D eigenvalue weighted by atomic mass is 16.4. The molecule has 0 aromatic heterocycles. The average molecular weight is 301 g/mol. The molecule has 1 heterocycles. The zero-order valence-electron chi connectivity index (χ0n) is 12.6. The van der Waals surface area contributed by atoms with E-state index in [0.29, 0.717) is 26.2 Å². The van der Waals surface area contributed by atoms with E-state index in [1.54, 1.807) is 0 Å². The van der Waals surface area contributed by atoms with Gasteiger partial charge in [-0.25, -0.2) is 9.59 Å². The van der Waals surface area contributed by atoms with Gasteiger partial charge in [0.05, 0.1) is 6.42 Å². The molecule has 0 unspecified atom stereocenters. The number of carboxylic acids is 2. The minimum Gasteiger partial charge on any atom is -0.481 e. The number of carboxylic acid groups (broad SMARTS) is 2. The molecule has 0 saturated carbocycles. The standard InChI is InChI=1S/C13H23N3O5/c1-13(2,3)16-6-4-15(5-7-16)12(21)14-9(11(19)20)8-10(17)18/h9H,4-8H2,1-3H3,(H,14,21)(H,17,18)(H,19,20)/t9-/m0/s1. The molecule has 1 aliphatic heterocycles. The highest BCUT2D eigenvalue weighted by Gasteiger charge is 2.30. The van der Waals surface area contributed by atoms with Gasteiger partial charge in [0.15, 0.2) is 0 Å². The SMILES string of the molecule is CC(C)(C)N1CCN(C(=O)N[C@@H](CC(=O)O)C(=O)O)CC1. The molecule has 1 atom stereocenters. The molecule has 0 radical (unpaired) electrons. The quantitative estimate of drug-likeness (QED) is 0.676. The van der Waals surface area contributed by atoms with E-state index < -0.39 is 30.4 Å². The smallest absolute Gasteiger partial charge is 0.326 e. The summed E-state index contributed by atoms with van der Waals surface area (Å²) in [5.41, 5.74) is 0.0233. The monoisotopic (exact) mass is 301 g/mol. The third kappa shape index (κ3) is 5.22. The molecule has 0 spiro atoms. The summed E-state index contributed by atoms with van der Waals surface area (Å²) in [5.74, 6) is -2.61. The Morgan fingerprint density at radius 2 is 1.62 bits per heavy atom. The fraction of sp³-hybridized carbons (Fsp3) is 0.769. The highest BCUT2D eigenvalue weighted by Crippen LogP contribution is 2.15. The Balaban J connectivity index is 2.53. The normalized spacial score (nSPS) is 18.1. The zero-order valence-corrected chi connectivity index (χ0v) is 12.6. The summed E-state index contributed by atoms with van der Waals surface area (Å²) in [6, 6.07) is -1.94. The van der Waals surface area contributed by atoms with Crippen LogP contribution in [0.4, 0.5) is 4.79 Å². The Bertz CT molecular complexity index is 411. The number of hydrogen-bond acceptors (Lipinski definition) is 4. The van der Waals surface area contributed by atoms with Crippen LogP contribution >= 0.6 is 0 Å². The Morgan fingerprint density at radius 3 is 2.00 bits per heavy atom. The second kappa shape index (κ2) is 6.75. The third-order valence-electron chi connectivity index (χ3n) is 3.49. The largest absolute Gasteiger partial charge is 0.481 e. The van der Waals surface area contributed by atoms with Crippen LogP contribution in [0.3, 0.4) is 0 Å². The van der Waals surface area contributed by atoms with Crippen LogP contribution in [0.15, 0.2) is 0 Å². The molecule has 2 amide bonds. The lowest BCUT2D eigenvalue weighted by Gasteiger charge is -2.42. The molecule has 120 valence electrons. The van der Waals surface area contributed by atoms with Crippen LogP contribution in [0.5, 0.6) is 0 Å². The number of nitrogens with zero attached hydrogens (tertiary/aromatic N) is 2. The predicted molar refractivity (Wildman–Crippen MR) is 75.1 cm³/mol. The lowest BCUT2D eigenvalue weighted by atomic mass is 10.1. The molecule has 0 aromatic rings. The van der Waals surface area contributed by atoms with Gasteiger partial charge in [0.1, 0.15) is 6.04 Å². The second-order valence-corrected chi connectivity index (χ2v) is 6.08. The molecule has 1 saturated heterocycles. The topological polar surface area (TPSA) is 110 Å². The molecule has 1 rings (SSSR count). The van der Waals surface area contributed by atoms with E-state index in [-0.39, 0.29) is 5.54 Å². The summed E-state index contributed by atoms with van der Waals surface area (Å²) in [4.78, 5) is 37.3. The number of amides is 2. The maximum absolute atomic E-state index is 12.0. The second-order valence-electron chi connectivity index (χ2n) is 6.08. The van der Waals surface area contributed by atoms with Crippen molar-refractivity contribution in [3.8, 4) is 0 Å². The molecule has 21 heavy (non-hydrogen) atoms. The van der Waals surface area contributed by atoms with Crippen molar-refractivity contribution in [1.29, 1.82) is 0 Å². The number of nitrogens with one attached hydrogen (secondary N) is 1. The van der Waals surface area contributed by atoms with Crippen molar-refractivity contribution < 1.29 is 24.6 Å². The number of rotatable bonds is 4. The number of hydrogen-bond donors (Lipinski definition) is 3. The van der Waals surface area contributed by atoms with E-state index >= 15 is 0 Å². The van der Waals surface area contributed by atoms with E-state index in [4.69, 9.17) is 10.2 Å². The third-order valence-corrected chi connectivity index (χ3v) is 3.49. The van der Waals surface area contributed by atoms with Crippen molar-refractivity contribution in [3.05, 3.63) is 0 Å². The van der Waals surface area contributed by atoms with E-state index in [1.165, 1.54) is 4.90 Å². The van der Waals surface area contributed by atoms with Gasteiger partial charge in [0.25, 0.3) is 0 Å². The van der Waals surface area contributed by atoms with Gasteiger partial charge in [0.2, 0.25) is 0 Å². The summed E-state index contributed by atoms with van der Waals surface area (Å²) < 4.78 is 0. The summed E-state index contributed by atoms with van der Waals surface area (Å²) in [6.45, 7) is 8.66. The van der Waals surface area contributed by atoms with Gasteiger partial charge in [-0.15, -0.1) is 0 Å². The van der Waals surface area contributed by atoms with Crippen LogP contribution in [0, 0.1) is 0 Å². The van der Waals surface area contributed by atoms with Crippen molar-refractivity contribution in [2.45, 2.75) is 38.8 Å². The van der Waals surface area contributed by atoms with Gasteiger partial charge in [-0.3, -0.25) is 9.69 Å². The molecule has 1 fully saturated rings.